The SMILES string of the molecule is CC(C)(C)c1ccc(CCC(=O)NCc2cccc(CN3CCCCC3)c2)cc1. The number of hydrogen-bond acceptors (Lipinski definition) is 2. The summed E-state index contributed by atoms with van der Waals surface area (Å²) in [6, 6.07) is 17.3. The Morgan fingerprint density at radius 3 is 2.31 bits per heavy atom. The van der Waals surface area contributed by atoms with Crippen LogP contribution in [0.15, 0.2) is 48.5 Å². The van der Waals surface area contributed by atoms with E-state index >= 15 is 0 Å². The van der Waals surface area contributed by atoms with E-state index in [0.29, 0.717) is 13.0 Å². The zero-order valence-electron chi connectivity index (χ0n) is 18.3. The molecule has 1 aliphatic heterocycles. The third kappa shape index (κ3) is 7.01. The monoisotopic (exact) mass is 392 g/mol. The number of carbonyl (C=O) groups excluding carboxylic acids is 1. The van der Waals surface area contributed by atoms with Crippen molar-refractivity contribution in [2.24, 2.45) is 0 Å². The van der Waals surface area contributed by atoms with Crippen molar-refractivity contribution in [3.05, 3.63) is 70.8 Å². The maximum atomic E-state index is 12.3. The summed E-state index contributed by atoms with van der Waals surface area (Å²) in [5.74, 6) is 0.117. The van der Waals surface area contributed by atoms with Crippen LogP contribution >= 0.6 is 0 Å². The summed E-state index contributed by atoms with van der Waals surface area (Å²) in [6.07, 6.45) is 5.31. The zero-order chi connectivity index (χ0) is 20.7. The second-order valence-corrected chi connectivity index (χ2v) is 9.38. The van der Waals surface area contributed by atoms with Crippen LogP contribution in [0.2, 0.25) is 0 Å². The number of benzene rings is 2. The predicted molar refractivity (Wildman–Crippen MR) is 121 cm³/mol. The summed E-state index contributed by atoms with van der Waals surface area (Å²) in [7, 11) is 0. The van der Waals surface area contributed by atoms with Gasteiger partial charge in [-0.3, -0.25) is 9.69 Å². The highest BCUT2D eigenvalue weighted by molar-refractivity contribution is 5.76. The van der Waals surface area contributed by atoms with Crippen LogP contribution in [0, 0.1) is 0 Å². The van der Waals surface area contributed by atoms with Crippen LogP contribution in [0.25, 0.3) is 0 Å². The number of aryl methyl sites for hydroxylation is 1. The first-order valence-electron chi connectivity index (χ1n) is 11.1. The number of likely N-dealkylation sites (tertiary alicyclic amines) is 1. The molecule has 1 aliphatic rings. The van der Waals surface area contributed by atoms with Crippen LogP contribution in [-0.2, 0) is 29.7 Å². The third-order valence-electron chi connectivity index (χ3n) is 5.80. The van der Waals surface area contributed by atoms with Crippen molar-refractivity contribution in [3.8, 4) is 0 Å². The number of carbonyl (C=O) groups is 1. The van der Waals surface area contributed by atoms with Gasteiger partial charge in [0, 0.05) is 19.5 Å². The van der Waals surface area contributed by atoms with E-state index in [-0.39, 0.29) is 11.3 Å². The van der Waals surface area contributed by atoms with Crippen LogP contribution in [0.4, 0.5) is 0 Å². The van der Waals surface area contributed by atoms with Gasteiger partial charge in [0.25, 0.3) is 0 Å². The highest BCUT2D eigenvalue weighted by Gasteiger charge is 2.13. The summed E-state index contributed by atoms with van der Waals surface area (Å²) in [6.45, 7) is 10.7. The van der Waals surface area contributed by atoms with E-state index in [4.69, 9.17) is 0 Å². The second-order valence-electron chi connectivity index (χ2n) is 9.38. The molecule has 1 N–H and O–H groups in total. The van der Waals surface area contributed by atoms with Gasteiger partial charge in [-0.15, -0.1) is 0 Å². The van der Waals surface area contributed by atoms with Gasteiger partial charge in [-0.25, -0.2) is 0 Å². The maximum Gasteiger partial charge on any atom is 0.220 e. The number of nitrogens with zero attached hydrogens (tertiary/aromatic N) is 1. The Balaban J connectivity index is 1.43. The molecule has 2 aromatic rings. The first kappa shape index (κ1) is 21.6. The Kier molecular flexibility index (Phi) is 7.49. The molecule has 3 nitrogen and oxygen atoms in total. The molecule has 1 heterocycles. The topological polar surface area (TPSA) is 32.3 Å². The number of piperidine rings is 1. The Morgan fingerprint density at radius 1 is 0.931 bits per heavy atom. The predicted octanol–water partition coefficient (Wildman–Crippen LogP) is 5.22. The molecule has 1 fully saturated rings. The largest absolute Gasteiger partial charge is 0.352 e. The van der Waals surface area contributed by atoms with Gasteiger partial charge in [-0.1, -0.05) is 75.7 Å². The smallest absolute Gasteiger partial charge is 0.220 e. The summed E-state index contributed by atoms with van der Waals surface area (Å²) in [5, 5.41) is 3.08. The summed E-state index contributed by atoms with van der Waals surface area (Å²) >= 11 is 0. The van der Waals surface area contributed by atoms with Gasteiger partial charge in [0.1, 0.15) is 0 Å². The van der Waals surface area contributed by atoms with E-state index in [1.54, 1.807) is 0 Å². The van der Waals surface area contributed by atoms with Crippen molar-refractivity contribution < 1.29 is 4.79 Å². The Bertz CT molecular complexity index is 783. The number of nitrogens with one attached hydrogen (secondary N) is 1. The molecule has 0 spiro atoms. The molecule has 29 heavy (non-hydrogen) atoms. The minimum absolute atomic E-state index is 0.117. The van der Waals surface area contributed by atoms with Gasteiger partial charge in [0.15, 0.2) is 0 Å². The van der Waals surface area contributed by atoms with E-state index < -0.39 is 0 Å². The molecule has 3 heteroatoms. The van der Waals surface area contributed by atoms with Gasteiger partial charge < -0.3 is 5.32 Å². The fourth-order valence-electron chi connectivity index (χ4n) is 3.93. The molecule has 3 rings (SSSR count). The van der Waals surface area contributed by atoms with Crippen molar-refractivity contribution in [1.29, 1.82) is 0 Å². The van der Waals surface area contributed by atoms with Crippen molar-refractivity contribution >= 4 is 5.91 Å². The van der Waals surface area contributed by atoms with Crippen molar-refractivity contribution in [2.75, 3.05) is 13.1 Å². The standard InChI is InChI=1S/C26H36N2O/c1-26(2,3)24-13-10-21(11-14-24)12-15-25(29)27-19-22-8-7-9-23(18-22)20-28-16-5-4-6-17-28/h7-11,13-14,18H,4-6,12,15-17,19-20H2,1-3H3,(H,27,29). The van der Waals surface area contributed by atoms with Crippen LogP contribution < -0.4 is 5.32 Å². The summed E-state index contributed by atoms with van der Waals surface area (Å²) in [4.78, 5) is 14.8. The van der Waals surface area contributed by atoms with Crippen molar-refractivity contribution in [3.63, 3.8) is 0 Å². The second kappa shape index (κ2) is 10.1. The molecule has 1 saturated heterocycles. The fraction of sp³-hybridized carbons (Fsp3) is 0.500. The Hall–Kier alpha value is -2.13. The first-order valence-corrected chi connectivity index (χ1v) is 11.1. The highest BCUT2D eigenvalue weighted by atomic mass is 16.1. The molecule has 0 bridgehead atoms. The van der Waals surface area contributed by atoms with E-state index in [2.05, 4.69) is 79.5 Å². The van der Waals surface area contributed by atoms with Gasteiger partial charge in [0.2, 0.25) is 5.91 Å². The van der Waals surface area contributed by atoms with Gasteiger partial charge >= 0.3 is 0 Å². The number of hydrogen-bond donors (Lipinski definition) is 1. The minimum Gasteiger partial charge on any atom is -0.352 e. The molecule has 1 amide bonds. The molecule has 156 valence electrons. The Morgan fingerprint density at radius 2 is 1.62 bits per heavy atom. The lowest BCUT2D eigenvalue weighted by molar-refractivity contribution is -0.121. The van der Waals surface area contributed by atoms with Crippen LogP contribution in [-0.4, -0.2) is 23.9 Å². The van der Waals surface area contributed by atoms with Crippen molar-refractivity contribution in [1.82, 2.24) is 10.2 Å². The molecule has 0 atom stereocenters. The number of amides is 1. The van der Waals surface area contributed by atoms with Gasteiger partial charge in [-0.05, 0) is 60.0 Å². The lowest BCUT2D eigenvalue weighted by atomic mass is 9.86. The quantitative estimate of drug-likeness (QED) is 0.701. The molecular weight excluding hydrogens is 356 g/mol. The number of rotatable bonds is 7. The van der Waals surface area contributed by atoms with Crippen molar-refractivity contribution in [2.45, 2.75) is 71.4 Å². The highest BCUT2D eigenvalue weighted by Crippen LogP contribution is 2.22. The molecule has 0 aromatic heterocycles. The zero-order valence-corrected chi connectivity index (χ0v) is 18.3. The molecule has 0 unspecified atom stereocenters. The van der Waals surface area contributed by atoms with Crippen LogP contribution in [0.3, 0.4) is 0 Å². The van der Waals surface area contributed by atoms with E-state index in [1.165, 1.54) is 54.6 Å². The van der Waals surface area contributed by atoms with E-state index in [1.807, 2.05) is 0 Å². The van der Waals surface area contributed by atoms with Crippen LogP contribution in [0.5, 0.6) is 0 Å². The maximum absolute atomic E-state index is 12.3. The molecule has 0 aliphatic carbocycles. The lowest BCUT2D eigenvalue weighted by Gasteiger charge is -2.26. The van der Waals surface area contributed by atoms with Gasteiger partial charge in [-0.2, -0.15) is 0 Å². The fourth-order valence-corrected chi connectivity index (χ4v) is 3.93. The minimum atomic E-state index is 0.117. The molecule has 0 saturated carbocycles. The Labute approximate surface area is 176 Å². The lowest BCUT2D eigenvalue weighted by Crippen LogP contribution is -2.29. The molecular formula is C26H36N2O. The van der Waals surface area contributed by atoms with Gasteiger partial charge in [0.05, 0.1) is 0 Å². The van der Waals surface area contributed by atoms with E-state index in [0.717, 1.165) is 13.0 Å². The third-order valence-corrected chi connectivity index (χ3v) is 5.80. The molecule has 0 radical (unpaired) electrons. The molecule has 2 aromatic carbocycles. The van der Waals surface area contributed by atoms with Crippen LogP contribution in [0.1, 0.15) is 68.7 Å². The average Bonchev–Trinajstić information content (AvgIpc) is 2.71. The van der Waals surface area contributed by atoms with E-state index in [9.17, 15) is 4.79 Å². The first-order chi connectivity index (χ1) is 13.9. The summed E-state index contributed by atoms with van der Waals surface area (Å²) < 4.78 is 0. The average molecular weight is 393 g/mol. The normalized spacial score (nSPS) is 15.3. The summed E-state index contributed by atoms with van der Waals surface area (Å²) in [5.41, 5.74) is 5.24.